The molecule has 0 atom stereocenters. The van der Waals surface area contributed by atoms with Crippen LogP contribution in [-0.2, 0) is 4.79 Å². The summed E-state index contributed by atoms with van der Waals surface area (Å²) in [5.74, 6) is -0.163. The molecule has 0 fully saturated rings. The zero-order valence-corrected chi connectivity index (χ0v) is 18.5. The Kier molecular flexibility index (Phi) is 5.87. The number of hydrogen-bond donors (Lipinski definition) is 2. The van der Waals surface area contributed by atoms with Gasteiger partial charge in [-0.25, -0.2) is 4.98 Å². The number of carbonyl (C=O) groups excluding carboxylic acids is 2. The number of aromatic nitrogens is 3. The van der Waals surface area contributed by atoms with Gasteiger partial charge in [0.15, 0.2) is 11.6 Å². The van der Waals surface area contributed by atoms with Crippen molar-refractivity contribution in [2.75, 3.05) is 11.9 Å². The molecule has 8 heteroatoms. The van der Waals surface area contributed by atoms with Gasteiger partial charge in [-0.2, -0.15) is 15.0 Å². The lowest BCUT2D eigenvalue weighted by molar-refractivity contribution is -0.115. The second-order valence-electron chi connectivity index (χ2n) is 7.80. The fourth-order valence-electron chi connectivity index (χ4n) is 3.69. The first-order chi connectivity index (χ1) is 15.9. The third-order valence-electron chi connectivity index (χ3n) is 5.25. The summed E-state index contributed by atoms with van der Waals surface area (Å²) in [5, 5.41) is 20.1. The maximum absolute atomic E-state index is 12.6. The van der Waals surface area contributed by atoms with E-state index in [-0.39, 0.29) is 23.8 Å². The predicted molar refractivity (Wildman–Crippen MR) is 125 cm³/mol. The fraction of sp³-hybridized carbons (Fsp3) is 0.160. The number of nitriles is 1. The number of aryl methyl sites for hydroxylation is 3. The summed E-state index contributed by atoms with van der Waals surface area (Å²) in [6.07, 6.45) is 1.38. The molecule has 4 rings (SSSR count). The Balaban J connectivity index is 1.61. The average Bonchev–Trinajstić information content (AvgIpc) is 3.21. The van der Waals surface area contributed by atoms with Gasteiger partial charge >= 0.3 is 0 Å². The highest BCUT2D eigenvalue weighted by Gasteiger charge is 2.18. The van der Waals surface area contributed by atoms with Crippen LogP contribution in [0.25, 0.3) is 16.7 Å². The van der Waals surface area contributed by atoms with E-state index in [2.05, 4.69) is 27.9 Å². The first-order valence-electron chi connectivity index (χ1n) is 10.4. The van der Waals surface area contributed by atoms with Crippen molar-refractivity contribution in [3.63, 3.8) is 0 Å². The summed E-state index contributed by atoms with van der Waals surface area (Å²) in [6, 6.07) is 16.7. The van der Waals surface area contributed by atoms with Gasteiger partial charge < -0.3 is 10.6 Å². The molecule has 0 unspecified atom stereocenters. The van der Waals surface area contributed by atoms with Gasteiger partial charge in [0.1, 0.15) is 11.6 Å². The van der Waals surface area contributed by atoms with E-state index in [0.29, 0.717) is 11.4 Å². The first kappa shape index (κ1) is 21.7. The number of benzene rings is 2. The van der Waals surface area contributed by atoms with Crippen molar-refractivity contribution in [2.45, 2.75) is 20.8 Å². The van der Waals surface area contributed by atoms with Crippen LogP contribution in [0.1, 0.15) is 32.6 Å². The molecule has 0 radical (unpaired) electrons. The van der Waals surface area contributed by atoms with E-state index in [4.69, 9.17) is 4.98 Å². The number of rotatable bonds is 5. The first-order valence-corrected chi connectivity index (χ1v) is 10.4. The van der Waals surface area contributed by atoms with Gasteiger partial charge in [0.05, 0.1) is 18.3 Å². The molecule has 0 aliphatic carbocycles. The van der Waals surface area contributed by atoms with Crippen LogP contribution in [0.4, 0.5) is 5.82 Å². The van der Waals surface area contributed by atoms with Crippen LogP contribution in [0.5, 0.6) is 0 Å². The zero-order valence-electron chi connectivity index (χ0n) is 18.5. The third kappa shape index (κ3) is 4.43. The highest BCUT2D eigenvalue weighted by molar-refractivity contribution is 5.99. The Morgan fingerprint density at radius 3 is 2.55 bits per heavy atom. The lowest BCUT2D eigenvalue weighted by Gasteiger charge is -2.13. The number of nitrogens with zero attached hydrogens (tertiary/aromatic N) is 4. The standard InChI is InChI=1S/C25H22N6O2/c1-15-9-17(3)23-20(10-15)16(2)11-21(29-23)31-24(19(12-26)13-28-31)30-22(32)14-27-25(33)18-7-5-4-6-8-18/h4-11,13H,14H2,1-3H3,(H,27,33)(H,30,32). The van der Waals surface area contributed by atoms with E-state index < -0.39 is 5.91 Å². The number of carbonyl (C=O) groups is 2. The van der Waals surface area contributed by atoms with E-state index in [1.54, 1.807) is 30.3 Å². The summed E-state index contributed by atoms with van der Waals surface area (Å²) in [7, 11) is 0. The molecule has 164 valence electrons. The van der Waals surface area contributed by atoms with Crippen LogP contribution < -0.4 is 10.6 Å². The largest absolute Gasteiger partial charge is 0.343 e. The van der Waals surface area contributed by atoms with E-state index in [9.17, 15) is 14.9 Å². The van der Waals surface area contributed by atoms with Crippen LogP contribution in [0.15, 0.2) is 54.7 Å². The molecule has 33 heavy (non-hydrogen) atoms. The minimum Gasteiger partial charge on any atom is -0.343 e. The summed E-state index contributed by atoms with van der Waals surface area (Å²) < 4.78 is 1.43. The van der Waals surface area contributed by atoms with Crippen molar-refractivity contribution < 1.29 is 9.59 Å². The average molecular weight is 438 g/mol. The minimum absolute atomic E-state index is 0.193. The van der Waals surface area contributed by atoms with Crippen molar-refractivity contribution in [1.82, 2.24) is 20.1 Å². The Bertz CT molecular complexity index is 1420. The predicted octanol–water partition coefficient (Wildman–Crippen LogP) is 3.59. The van der Waals surface area contributed by atoms with Crippen molar-refractivity contribution >= 4 is 28.5 Å². The molecule has 0 saturated heterocycles. The van der Waals surface area contributed by atoms with E-state index >= 15 is 0 Å². The molecule has 0 saturated carbocycles. The van der Waals surface area contributed by atoms with Gasteiger partial charge in [0, 0.05) is 10.9 Å². The number of fused-ring (bicyclic) bond motifs is 1. The number of anilines is 1. The Labute approximate surface area is 190 Å². The molecule has 2 N–H and O–H groups in total. The van der Waals surface area contributed by atoms with Crippen molar-refractivity contribution in [3.8, 4) is 11.9 Å². The topological polar surface area (TPSA) is 113 Å². The van der Waals surface area contributed by atoms with Gasteiger partial charge in [-0.3, -0.25) is 9.59 Å². The Hall–Kier alpha value is -4.51. The van der Waals surface area contributed by atoms with Gasteiger partial charge in [-0.15, -0.1) is 0 Å². The SMILES string of the molecule is Cc1cc(C)c2nc(-n3ncc(C#N)c3NC(=O)CNC(=O)c3ccccc3)cc(C)c2c1. The van der Waals surface area contributed by atoms with Crippen molar-refractivity contribution in [2.24, 2.45) is 0 Å². The fourth-order valence-corrected chi connectivity index (χ4v) is 3.69. The zero-order chi connectivity index (χ0) is 23.5. The Morgan fingerprint density at radius 1 is 1.06 bits per heavy atom. The highest BCUT2D eigenvalue weighted by atomic mass is 16.2. The molecule has 2 heterocycles. The molecule has 4 aromatic rings. The van der Waals surface area contributed by atoms with Crippen molar-refractivity contribution in [3.05, 3.63) is 82.5 Å². The molecule has 0 bridgehead atoms. The van der Waals surface area contributed by atoms with Gasteiger partial charge in [-0.05, 0) is 56.2 Å². The second kappa shape index (κ2) is 8.93. The monoisotopic (exact) mass is 438 g/mol. The summed E-state index contributed by atoms with van der Waals surface area (Å²) in [6.45, 7) is 5.76. The van der Waals surface area contributed by atoms with Crippen LogP contribution in [-0.4, -0.2) is 33.1 Å². The second-order valence-corrected chi connectivity index (χ2v) is 7.80. The van der Waals surface area contributed by atoms with Crippen LogP contribution in [0, 0.1) is 32.1 Å². The molecule has 2 aromatic carbocycles. The van der Waals surface area contributed by atoms with E-state index in [1.165, 1.54) is 10.9 Å². The molecule has 0 aliphatic heterocycles. The van der Waals surface area contributed by atoms with Crippen LogP contribution >= 0.6 is 0 Å². The number of nitrogens with one attached hydrogen (secondary N) is 2. The molecular formula is C25H22N6O2. The number of hydrogen-bond acceptors (Lipinski definition) is 5. The van der Waals surface area contributed by atoms with Crippen LogP contribution in [0.3, 0.4) is 0 Å². The molecule has 0 aliphatic rings. The highest BCUT2D eigenvalue weighted by Crippen LogP contribution is 2.26. The molecular weight excluding hydrogens is 416 g/mol. The molecule has 0 spiro atoms. The van der Waals surface area contributed by atoms with Gasteiger partial charge in [0.25, 0.3) is 5.91 Å². The molecule has 8 nitrogen and oxygen atoms in total. The number of pyridine rings is 1. The Morgan fingerprint density at radius 2 is 1.82 bits per heavy atom. The van der Waals surface area contributed by atoms with E-state index in [0.717, 1.165) is 27.6 Å². The minimum atomic E-state index is -0.484. The smallest absolute Gasteiger partial charge is 0.251 e. The maximum atomic E-state index is 12.6. The molecule has 2 aromatic heterocycles. The van der Waals surface area contributed by atoms with Crippen molar-refractivity contribution in [1.29, 1.82) is 5.26 Å². The summed E-state index contributed by atoms with van der Waals surface area (Å²) in [5.41, 5.74) is 4.65. The van der Waals surface area contributed by atoms with Crippen LogP contribution in [0.2, 0.25) is 0 Å². The maximum Gasteiger partial charge on any atom is 0.251 e. The quantitative estimate of drug-likeness (QED) is 0.494. The number of amides is 2. The third-order valence-corrected chi connectivity index (χ3v) is 5.25. The summed E-state index contributed by atoms with van der Waals surface area (Å²) in [4.78, 5) is 29.5. The molecule has 2 amide bonds. The van der Waals surface area contributed by atoms with E-state index in [1.807, 2.05) is 32.9 Å². The summed E-state index contributed by atoms with van der Waals surface area (Å²) >= 11 is 0. The normalized spacial score (nSPS) is 10.6. The lowest BCUT2D eigenvalue weighted by Crippen LogP contribution is -2.33. The van der Waals surface area contributed by atoms with Gasteiger partial charge in [-0.1, -0.05) is 29.8 Å². The van der Waals surface area contributed by atoms with Gasteiger partial charge in [0.2, 0.25) is 5.91 Å². The lowest BCUT2D eigenvalue weighted by atomic mass is 10.0.